The van der Waals surface area contributed by atoms with Crippen LogP contribution in [0.15, 0.2) is 12.3 Å². The van der Waals surface area contributed by atoms with Crippen molar-refractivity contribution in [2.24, 2.45) is 0 Å². The zero-order valence-corrected chi connectivity index (χ0v) is 8.98. The summed E-state index contributed by atoms with van der Waals surface area (Å²) in [4.78, 5) is 7.04. The molecule has 0 radical (unpaired) electrons. The molecule has 2 nitrogen and oxygen atoms in total. The highest BCUT2D eigenvalue weighted by molar-refractivity contribution is 5.77. The van der Waals surface area contributed by atoms with Crippen LogP contribution in [0.25, 0.3) is 11.0 Å². The van der Waals surface area contributed by atoms with Gasteiger partial charge in [0.15, 0.2) is 0 Å². The number of H-pyrrole nitrogens is 1. The molecule has 2 aromatic heterocycles. The zero-order chi connectivity index (χ0) is 10.7. The van der Waals surface area contributed by atoms with Gasteiger partial charge in [-0.15, -0.1) is 0 Å². The summed E-state index contributed by atoms with van der Waals surface area (Å²) in [5, 5.41) is 0.576. The molecule has 0 saturated carbocycles. The van der Waals surface area contributed by atoms with Gasteiger partial charge in [0.05, 0.1) is 5.39 Å². The van der Waals surface area contributed by atoms with Crippen molar-refractivity contribution < 1.29 is 4.39 Å². The Labute approximate surface area is 83.2 Å². The lowest BCUT2D eigenvalue weighted by Gasteiger charge is -1.94. The van der Waals surface area contributed by atoms with E-state index in [0.717, 1.165) is 5.69 Å². The van der Waals surface area contributed by atoms with Crippen LogP contribution < -0.4 is 0 Å². The Morgan fingerprint density at radius 1 is 1.29 bits per heavy atom. The maximum absolute atomic E-state index is 13.4. The van der Waals surface area contributed by atoms with Crippen molar-refractivity contribution in [3.63, 3.8) is 0 Å². The molecule has 0 bridgehead atoms. The summed E-state index contributed by atoms with van der Waals surface area (Å²) in [6, 6.07) is 1.77. The van der Waals surface area contributed by atoms with Crippen LogP contribution in [0.2, 0.25) is 0 Å². The summed E-state index contributed by atoms with van der Waals surface area (Å²) in [5.41, 5.74) is 2.14. The van der Waals surface area contributed by atoms with E-state index >= 15 is 0 Å². The van der Waals surface area contributed by atoms with E-state index in [1.807, 2.05) is 20.8 Å². The Bertz CT molecular complexity index is 432. The van der Waals surface area contributed by atoms with Gasteiger partial charge >= 0.3 is 0 Å². The molecular formula is C11H15FN2. The number of hydrogen-bond acceptors (Lipinski definition) is 1. The average molecular weight is 194 g/mol. The normalized spacial score (nSPS) is 9.79. The quantitative estimate of drug-likeness (QED) is 0.684. The van der Waals surface area contributed by atoms with Crippen molar-refractivity contribution in [1.29, 1.82) is 0 Å². The molecule has 0 fully saturated rings. The highest BCUT2D eigenvalue weighted by atomic mass is 19.1. The van der Waals surface area contributed by atoms with Gasteiger partial charge in [-0.2, -0.15) is 0 Å². The molecule has 3 heteroatoms. The number of nitrogens with zero attached hydrogens (tertiary/aromatic N) is 1. The molecular weight excluding hydrogens is 179 g/mol. The van der Waals surface area contributed by atoms with Gasteiger partial charge in [0.2, 0.25) is 0 Å². The van der Waals surface area contributed by atoms with Crippen LogP contribution in [-0.2, 0) is 0 Å². The molecule has 2 aromatic rings. The minimum Gasteiger partial charge on any atom is -0.343 e. The molecule has 0 unspecified atom stereocenters. The van der Waals surface area contributed by atoms with Gasteiger partial charge in [0.1, 0.15) is 11.5 Å². The van der Waals surface area contributed by atoms with Gasteiger partial charge in [0.25, 0.3) is 0 Å². The van der Waals surface area contributed by atoms with Crippen LogP contribution in [0.5, 0.6) is 0 Å². The number of aromatic nitrogens is 2. The van der Waals surface area contributed by atoms with Crippen molar-refractivity contribution in [2.45, 2.75) is 27.7 Å². The second kappa shape index (κ2) is 4.22. The van der Waals surface area contributed by atoms with E-state index in [-0.39, 0.29) is 5.82 Å². The van der Waals surface area contributed by atoms with E-state index in [0.29, 0.717) is 16.6 Å². The van der Waals surface area contributed by atoms with Gasteiger partial charge in [0, 0.05) is 17.5 Å². The second-order valence-corrected chi connectivity index (χ2v) is 2.97. The SMILES string of the molecule is CC.Cc1cc2c(F)c(C)cnc2[nH]1. The molecule has 76 valence electrons. The largest absolute Gasteiger partial charge is 0.343 e. The Morgan fingerprint density at radius 3 is 2.57 bits per heavy atom. The van der Waals surface area contributed by atoms with E-state index in [2.05, 4.69) is 9.97 Å². The number of fused-ring (bicyclic) bond motifs is 1. The molecule has 0 aromatic carbocycles. The molecule has 0 atom stereocenters. The first-order chi connectivity index (χ1) is 6.68. The summed E-state index contributed by atoms with van der Waals surface area (Å²) >= 11 is 0. The average Bonchev–Trinajstić information content (AvgIpc) is 2.57. The lowest BCUT2D eigenvalue weighted by Crippen LogP contribution is -1.85. The Hall–Kier alpha value is -1.38. The van der Waals surface area contributed by atoms with E-state index in [9.17, 15) is 4.39 Å². The number of rotatable bonds is 0. The lowest BCUT2D eigenvalue weighted by atomic mass is 10.2. The van der Waals surface area contributed by atoms with Crippen LogP contribution in [0.3, 0.4) is 0 Å². The third-order valence-electron chi connectivity index (χ3n) is 1.90. The Morgan fingerprint density at radius 2 is 1.93 bits per heavy atom. The van der Waals surface area contributed by atoms with Crippen molar-refractivity contribution in [1.82, 2.24) is 9.97 Å². The van der Waals surface area contributed by atoms with Crippen LogP contribution in [-0.4, -0.2) is 9.97 Å². The molecule has 0 aliphatic rings. The fourth-order valence-corrected chi connectivity index (χ4v) is 1.27. The molecule has 0 aliphatic carbocycles. The number of hydrogen-bond donors (Lipinski definition) is 1. The molecule has 2 rings (SSSR count). The Kier molecular flexibility index (Phi) is 3.23. The van der Waals surface area contributed by atoms with Crippen molar-refractivity contribution in [3.05, 3.63) is 29.3 Å². The topological polar surface area (TPSA) is 28.7 Å². The number of aryl methyl sites for hydroxylation is 2. The summed E-state index contributed by atoms with van der Waals surface area (Å²) in [5.74, 6) is -0.177. The third-order valence-corrected chi connectivity index (χ3v) is 1.90. The minimum absolute atomic E-state index is 0.177. The number of pyridine rings is 1. The van der Waals surface area contributed by atoms with Crippen LogP contribution >= 0.6 is 0 Å². The van der Waals surface area contributed by atoms with Gasteiger partial charge in [-0.3, -0.25) is 0 Å². The predicted octanol–water partition coefficient (Wildman–Crippen LogP) is 3.35. The highest BCUT2D eigenvalue weighted by Gasteiger charge is 2.06. The summed E-state index contributed by atoms with van der Waals surface area (Å²) in [7, 11) is 0. The summed E-state index contributed by atoms with van der Waals surface area (Å²) < 4.78 is 13.4. The maximum Gasteiger partial charge on any atom is 0.140 e. The second-order valence-electron chi connectivity index (χ2n) is 2.97. The van der Waals surface area contributed by atoms with Crippen molar-refractivity contribution >= 4 is 11.0 Å². The minimum atomic E-state index is -0.177. The first-order valence-electron chi connectivity index (χ1n) is 4.79. The predicted molar refractivity (Wildman–Crippen MR) is 56.9 cm³/mol. The molecule has 0 saturated heterocycles. The number of aromatic amines is 1. The fourth-order valence-electron chi connectivity index (χ4n) is 1.27. The summed E-state index contributed by atoms with van der Waals surface area (Å²) in [6.07, 6.45) is 1.54. The van der Waals surface area contributed by atoms with Gasteiger partial charge in [-0.1, -0.05) is 13.8 Å². The third kappa shape index (κ3) is 1.76. The van der Waals surface area contributed by atoms with Gasteiger partial charge < -0.3 is 4.98 Å². The smallest absolute Gasteiger partial charge is 0.140 e. The molecule has 2 heterocycles. The van der Waals surface area contributed by atoms with Crippen LogP contribution in [0.4, 0.5) is 4.39 Å². The maximum atomic E-state index is 13.4. The van der Waals surface area contributed by atoms with E-state index in [1.54, 1.807) is 13.0 Å². The number of halogens is 1. The van der Waals surface area contributed by atoms with E-state index in [4.69, 9.17) is 0 Å². The highest BCUT2D eigenvalue weighted by Crippen LogP contribution is 2.18. The fraction of sp³-hybridized carbons (Fsp3) is 0.364. The molecule has 1 N–H and O–H groups in total. The molecule has 0 amide bonds. The number of nitrogens with one attached hydrogen (secondary N) is 1. The lowest BCUT2D eigenvalue weighted by molar-refractivity contribution is 0.629. The van der Waals surface area contributed by atoms with Gasteiger partial charge in [-0.25, -0.2) is 9.37 Å². The van der Waals surface area contributed by atoms with E-state index in [1.165, 1.54) is 6.20 Å². The first-order valence-corrected chi connectivity index (χ1v) is 4.79. The van der Waals surface area contributed by atoms with Crippen molar-refractivity contribution in [3.8, 4) is 0 Å². The molecule has 0 aliphatic heterocycles. The molecule has 14 heavy (non-hydrogen) atoms. The Balaban J connectivity index is 0.000000461. The molecule has 0 spiro atoms. The van der Waals surface area contributed by atoms with Crippen LogP contribution in [0, 0.1) is 19.7 Å². The van der Waals surface area contributed by atoms with Crippen LogP contribution in [0.1, 0.15) is 25.1 Å². The standard InChI is InChI=1S/C9H9FN2.C2H6/c1-5-4-11-9-7(8(5)10)3-6(2)12-9;1-2/h3-4H,1-2H3,(H,11,12);1-2H3. The van der Waals surface area contributed by atoms with E-state index < -0.39 is 0 Å². The first kappa shape index (κ1) is 10.7. The summed E-state index contributed by atoms with van der Waals surface area (Å²) in [6.45, 7) is 7.60. The van der Waals surface area contributed by atoms with Crippen molar-refractivity contribution in [2.75, 3.05) is 0 Å². The monoisotopic (exact) mass is 194 g/mol. The zero-order valence-electron chi connectivity index (χ0n) is 8.98. The van der Waals surface area contributed by atoms with Gasteiger partial charge in [-0.05, 0) is 19.9 Å².